The summed E-state index contributed by atoms with van der Waals surface area (Å²) in [5, 5.41) is 5.84. The summed E-state index contributed by atoms with van der Waals surface area (Å²) < 4.78 is 9.50. The van der Waals surface area contributed by atoms with Gasteiger partial charge >= 0.3 is 5.69 Å². The second kappa shape index (κ2) is 7.75. The van der Waals surface area contributed by atoms with Crippen molar-refractivity contribution in [2.24, 2.45) is 0 Å². The van der Waals surface area contributed by atoms with Gasteiger partial charge in [0.2, 0.25) is 11.7 Å². The van der Waals surface area contributed by atoms with E-state index in [0.29, 0.717) is 21.7 Å². The van der Waals surface area contributed by atoms with Crippen LogP contribution in [0.5, 0.6) is 0 Å². The highest BCUT2D eigenvalue weighted by molar-refractivity contribution is 9.10. The number of halogens is 1. The molecular formula is C22H15BrN4O3S. The maximum absolute atomic E-state index is 13.4. The van der Waals surface area contributed by atoms with Crippen LogP contribution in [0.2, 0.25) is 0 Å². The van der Waals surface area contributed by atoms with Crippen LogP contribution in [0.4, 0.5) is 0 Å². The zero-order chi connectivity index (χ0) is 21.5. The van der Waals surface area contributed by atoms with Crippen LogP contribution >= 0.6 is 27.3 Å². The summed E-state index contributed by atoms with van der Waals surface area (Å²) in [6.45, 7) is 1.97. The molecule has 0 spiro atoms. The van der Waals surface area contributed by atoms with Gasteiger partial charge in [0.05, 0.1) is 11.2 Å². The van der Waals surface area contributed by atoms with Gasteiger partial charge in [-0.2, -0.15) is 4.98 Å². The highest BCUT2D eigenvalue weighted by Gasteiger charge is 2.18. The van der Waals surface area contributed by atoms with E-state index in [1.807, 2.05) is 49.4 Å². The predicted octanol–water partition coefficient (Wildman–Crippen LogP) is 4.38. The van der Waals surface area contributed by atoms with Gasteiger partial charge in [0.25, 0.3) is 5.56 Å². The quantitative estimate of drug-likeness (QED) is 0.370. The van der Waals surface area contributed by atoms with Gasteiger partial charge in [0.15, 0.2) is 0 Å². The van der Waals surface area contributed by atoms with E-state index in [1.165, 1.54) is 20.5 Å². The van der Waals surface area contributed by atoms with Crippen LogP contribution in [0.25, 0.3) is 27.3 Å². The van der Waals surface area contributed by atoms with Crippen LogP contribution in [0.15, 0.2) is 78.6 Å². The van der Waals surface area contributed by atoms with Crippen LogP contribution in [-0.4, -0.2) is 19.3 Å². The highest BCUT2D eigenvalue weighted by Crippen LogP contribution is 2.21. The molecule has 154 valence electrons. The largest absolute Gasteiger partial charge is 0.337 e. The van der Waals surface area contributed by atoms with E-state index in [0.717, 1.165) is 15.6 Å². The first-order valence-corrected chi connectivity index (χ1v) is 11.1. The van der Waals surface area contributed by atoms with Gasteiger partial charge in [-0.3, -0.25) is 9.36 Å². The summed E-state index contributed by atoms with van der Waals surface area (Å²) >= 11 is 4.73. The topological polar surface area (TPSA) is 82.9 Å². The van der Waals surface area contributed by atoms with Crippen LogP contribution in [0.1, 0.15) is 11.5 Å². The van der Waals surface area contributed by atoms with E-state index in [1.54, 1.807) is 17.5 Å². The fourth-order valence-electron chi connectivity index (χ4n) is 3.43. The Morgan fingerprint density at radius 1 is 1.10 bits per heavy atom. The van der Waals surface area contributed by atoms with Crippen molar-refractivity contribution in [2.75, 3.05) is 0 Å². The minimum atomic E-state index is -0.455. The first-order chi connectivity index (χ1) is 15.0. The summed E-state index contributed by atoms with van der Waals surface area (Å²) in [7, 11) is 0. The third-order valence-electron chi connectivity index (χ3n) is 4.86. The minimum absolute atomic E-state index is 0.0547. The average Bonchev–Trinajstić information content (AvgIpc) is 3.41. The molecule has 0 saturated heterocycles. The van der Waals surface area contributed by atoms with E-state index in [2.05, 4.69) is 26.1 Å². The number of nitrogens with zero attached hydrogens (tertiary/aromatic N) is 4. The molecule has 0 aliphatic rings. The normalized spacial score (nSPS) is 11.3. The number of thiophene rings is 1. The second-order valence-corrected chi connectivity index (χ2v) is 8.84. The molecule has 0 aliphatic heterocycles. The first kappa shape index (κ1) is 19.7. The first-order valence-electron chi connectivity index (χ1n) is 9.40. The number of aromatic nitrogens is 4. The molecule has 3 aromatic heterocycles. The molecule has 0 radical (unpaired) electrons. The monoisotopic (exact) mass is 494 g/mol. The summed E-state index contributed by atoms with van der Waals surface area (Å²) in [6, 6.07) is 16.6. The number of aryl methyl sites for hydroxylation is 1. The Hall–Kier alpha value is -3.30. The van der Waals surface area contributed by atoms with Gasteiger partial charge in [0, 0.05) is 10.0 Å². The number of fused-ring (bicyclic) bond motifs is 1. The Balaban J connectivity index is 1.64. The fourth-order valence-corrected chi connectivity index (χ4v) is 4.66. The number of rotatable bonds is 4. The standard InChI is InChI=1S/C22H15BrN4O3S/c1-13-4-2-7-16(10-13)27-21(28)19-17(8-9-31-19)26(22(27)29)12-18-24-20(25-30-18)14-5-3-6-15(23)11-14/h2-11H,12H2,1H3. The van der Waals surface area contributed by atoms with Crippen LogP contribution in [0.3, 0.4) is 0 Å². The van der Waals surface area contributed by atoms with Gasteiger partial charge in [-0.1, -0.05) is 45.4 Å². The molecule has 31 heavy (non-hydrogen) atoms. The molecule has 5 rings (SSSR count). The number of hydrogen-bond acceptors (Lipinski definition) is 6. The lowest BCUT2D eigenvalue weighted by molar-refractivity contribution is 0.370. The Labute approximate surface area is 188 Å². The van der Waals surface area contributed by atoms with Crippen LogP contribution in [0, 0.1) is 6.92 Å². The maximum atomic E-state index is 13.4. The van der Waals surface area contributed by atoms with Crippen molar-refractivity contribution in [2.45, 2.75) is 13.5 Å². The fraction of sp³-hybridized carbons (Fsp3) is 0.0909. The lowest BCUT2D eigenvalue weighted by atomic mass is 10.2. The molecule has 0 N–H and O–H groups in total. The van der Waals surface area contributed by atoms with Gasteiger partial charge < -0.3 is 4.52 Å². The summed E-state index contributed by atoms with van der Waals surface area (Å²) in [4.78, 5) is 30.9. The Kier molecular flexibility index (Phi) is 4.91. The molecule has 9 heteroatoms. The van der Waals surface area contributed by atoms with Gasteiger partial charge in [-0.25, -0.2) is 9.36 Å². The minimum Gasteiger partial charge on any atom is -0.337 e. The molecule has 2 aromatic carbocycles. The summed E-state index contributed by atoms with van der Waals surface area (Å²) in [6.07, 6.45) is 0. The molecule has 0 saturated carbocycles. The predicted molar refractivity (Wildman–Crippen MR) is 123 cm³/mol. The third kappa shape index (κ3) is 3.55. The van der Waals surface area contributed by atoms with E-state index < -0.39 is 5.69 Å². The Bertz CT molecular complexity index is 1550. The van der Waals surface area contributed by atoms with E-state index >= 15 is 0 Å². The molecule has 0 fully saturated rings. The zero-order valence-corrected chi connectivity index (χ0v) is 18.7. The van der Waals surface area contributed by atoms with Gasteiger partial charge in [-0.15, -0.1) is 11.3 Å². The molecular weight excluding hydrogens is 480 g/mol. The molecule has 3 heterocycles. The SMILES string of the molecule is Cc1cccc(-n2c(=O)c3sccc3n(Cc3nc(-c4cccc(Br)c4)no3)c2=O)c1. The molecule has 7 nitrogen and oxygen atoms in total. The van der Waals surface area contributed by atoms with Crippen molar-refractivity contribution in [1.82, 2.24) is 19.3 Å². The van der Waals surface area contributed by atoms with Crippen LogP contribution < -0.4 is 11.2 Å². The van der Waals surface area contributed by atoms with Crippen molar-refractivity contribution in [3.63, 3.8) is 0 Å². The van der Waals surface area contributed by atoms with Crippen molar-refractivity contribution in [3.8, 4) is 17.1 Å². The molecule has 0 atom stereocenters. The van der Waals surface area contributed by atoms with E-state index in [-0.39, 0.29) is 18.0 Å². The molecule has 0 bridgehead atoms. The molecule has 0 aliphatic carbocycles. The maximum Gasteiger partial charge on any atom is 0.336 e. The van der Waals surface area contributed by atoms with Crippen LogP contribution in [-0.2, 0) is 6.54 Å². The Morgan fingerprint density at radius 3 is 2.74 bits per heavy atom. The number of benzene rings is 2. The van der Waals surface area contributed by atoms with Crippen molar-refractivity contribution in [3.05, 3.63) is 96.7 Å². The molecule has 5 aromatic rings. The van der Waals surface area contributed by atoms with E-state index in [9.17, 15) is 9.59 Å². The van der Waals surface area contributed by atoms with Gasteiger partial charge in [0.1, 0.15) is 11.2 Å². The van der Waals surface area contributed by atoms with Gasteiger partial charge in [-0.05, 0) is 48.2 Å². The molecule has 0 unspecified atom stereocenters. The summed E-state index contributed by atoms with van der Waals surface area (Å²) in [5.74, 6) is 0.705. The van der Waals surface area contributed by atoms with Crippen molar-refractivity contribution >= 4 is 37.5 Å². The number of hydrogen-bond donors (Lipinski definition) is 0. The lowest BCUT2D eigenvalue weighted by Gasteiger charge is -2.11. The molecule has 0 amide bonds. The zero-order valence-electron chi connectivity index (χ0n) is 16.3. The lowest BCUT2D eigenvalue weighted by Crippen LogP contribution is -2.38. The average molecular weight is 495 g/mol. The third-order valence-corrected chi connectivity index (χ3v) is 6.24. The second-order valence-electron chi connectivity index (χ2n) is 7.01. The summed E-state index contributed by atoms with van der Waals surface area (Å²) in [5.41, 5.74) is 2.03. The van der Waals surface area contributed by atoms with Crippen molar-refractivity contribution in [1.29, 1.82) is 0 Å². The smallest absolute Gasteiger partial charge is 0.336 e. The Morgan fingerprint density at radius 2 is 1.94 bits per heavy atom. The van der Waals surface area contributed by atoms with E-state index in [4.69, 9.17) is 4.52 Å². The highest BCUT2D eigenvalue weighted by atomic mass is 79.9. The van der Waals surface area contributed by atoms with Crippen molar-refractivity contribution < 1.29 is 4.52 Å².